The Morgan fingerprint density at radius 1 is 0.976 bits per heavy atom. The zero-order valence-corrected chi connectivity index (χ0v) is 24.6. The number of aldehydes is 1. The van der Waals surface area contributed by atoms with E-state index in [1.807, 2.05) is 63.2 Å². The monoisotopic (exact) mass is 555 g/mol. The van der Waals surface area contributed by atoms with Gasteiger partial charge in [0.25, 0.3) is 0 Å². The number of nitrogens with one attached hydrogen (secondary N) is 1. The van der Waals surface area contributed by atoms with Crippen LogP contribution < -0.4 is 10.1 Å². The second-order valence-corrected chi connectivity index (χ2v) is 10.7. The van der Waals surface area contributed by atoms with Gasteiger partial charge in [-0.1, -0.05) is 35.9 Å². The Hall–Kier alpha value is -4.56. The fourth-order valence-electron chi connectivity index (χ4n) is 4.32. The number of aliphatic carboxylic acids is 1. The molecule has 0 bridgehead atoms. The van der Waals surface area contributed by atoms with Crippen LogP contribution in [0.4, 0.5) is 5.69 Å². The number of carbonyl (C=O) groups is 2. The van der Waals surface area contributed by atoms with E-state index >= 15 is 0 Å². The number of carbonyl (C=O) groups excluding carboxylic acids is 1. The highest BCUT2D eigenvalue weighted by molar-refractivity contribution is 5.87. The van der Waals surface area contributed by atoms with E-state index in [2.05, 4.69) is 15.3 Å². The van der Waals surface area contributed by atoms with Gasteiger partial charge in [0.05, 0.1) is 34.7 Å². The fraction of sp³-hybridized carbons (Fsp3) is 0.273. The molecule has 0 fully saturated rings. The quantitative estimate of drug-likeness (QED) is 0.203. The lowest BCUT2D eigenvalue weighted by Gasteiger charge is -2.23. The van der Waals surface area contributed by atoms with Gasteiger partial charge in [-0.05, 0) is 88.1 Å². The molecular weight excluding hydrogens is 518 g/mol. The number of rotatable bonds is 8. The topological polar surface area (TPSA) is 122 Å². The summed E-state index contributed by atoms with van der Waals surface area (Å²) < 4.78 is 6.36. The molecule has 0 radical (unpaired) electrons. The molecule has 3 N–H and O–H groups in total. The number of carboxylic acid groups (broad SMARTS) is 1. The maximum atomic E-state index is 11.9. The van der Waals surface area contributed by atoms with E-state index < -0.39 is 11.6 Å². The first-order valence-electron chi connectivity index (χ1n) is 13.2. The molecule has 0 saturated carbocycles. The van der Waals surface area contributed by atoms with Crippen molar-refractivity contribution in [1.82, 2.24) is 9.97 Å². The third kappa shape index (κ3) is 7.99. The van der Waals surface area contributed by atoms with Crippen LogP contribution in [-0.4, -0.2) is 45.1 Å². The number of aryl methyl sites for hydroxylation is 1. The first-order valence-corrected chi connectivity index (χ1v) is 13.2. The van der Waals surface area contributed by atoms with Crippen LogP contribution in [0.2, 0.25) is 0 Å². The lowest BCUT2D eigenvalue weighted by Crippen LogP contribution is -2.10. The molecule has 0 saturated heterocycles. The molecule has 4 aromatic rings. The molecule has 0 aliphatic carbocycles. The second kappa shape index (κ2) is 13.2. The van der Waals surface area contributed by atoms with Gasteiger partial charge < -0.3 is 20.3 Å². The summed E-state index contributed by atoms with van der Waals surface area (Å²) in [6.07, 6.45) is 2.23. The van der Waals surface area contributed by atoms with Crippen molar-refractivity contribution >= 4 is 17.9 Å². The summed E-state index contributed by atoms with van der Waals surface area (Å²) in [5, 5.41) is 21.4. The largest absolute Gasteiger partial charge is 0.481 e. The van der Waals surface area contributed by atoms with E-state index in [0.717, 1.165) is 27.8 Å². The molecule has 0 amide bonds. The van der Waals surface area contributed by atoms with Crippen molar-refractivity contribution in [1.29, 1.82) is 0 Å². The predicted octanol–water partition coefficient (Wildman–Crippen LogP) is 6.79. The lowest BCUT2D eigenvalue weighted by molar-refractivity contribution is -0.136. The summed E-state index contributed by atoms with van der Waals surface area (Å²) in [5.74, 6) is -0.295. The first kappa shape index (κ1) is 31.0. The van der Waals surface area contributed by atoms with Gasteiger partial charge in [-0.2, -0.15) is 0 Å². The van der Waals surface area contributed by atoms with E-state index in [4.69, 9.17) is 9.84 Å². The van der Waals surface area contributed by atoms with Gasteiger partial charge >= 0.3 is 5.97 Å². The Morgan fingerprint density at radius 3 is 2.17 bits per heavy atom. The maximum absolute atomic E-state index is 11.9. The SMILES string of the molecule is CC(C)(C)O.CNc1c(C)c(CC(=O)O)c(-c2ccc(C)cc2)c(C)c1Oc1nc(-c2ccccn2)ccc1C=O. The summed E-state index contributed by atoms with van der Waals surface area (Å²) in [4.78, 5) is 32.6. The molecule has 2 aromatic carbocycles. The van der Waals surface area contributed by atoms with Gasteiger partial charge in [0, 0.05) is 18.8 Å². The number of hydrogen-bond donors (Lipinski definition) is 3. The van der Waals surface area contributed by atoms with Gasteiger partial charge in [-0.15, -0.1) is 0 Å². The highest BCUT2D eigenvalue weighted by Gasteiger charge is 2.24. The Kier molecular flexibility index (Phi) is 9.97. The minimum absolute atomic E-state index is 0.141. The molecule has 0 aliphatic heterocycles. The molecule has 0 atom stereocenters. The Morgan fingerprint density at radius 2 is 1.63 bits per heavy atom. The molecule has 0 aliphatic rings. The number of nitrogens with zero attached hydrogens (tertiary/aromatic N) is 2. The van der Waals surface area contributed by atoms with Crippen molar-refractivity contribution in [2.24, 2.45) is 0 Å². The molecular formula is C33H37N3O5. The predicted molar refractivity (Wildman–Crippen MR) is 162 cm³/mol. The molecule has 2 heterocycles. The van der Waals surface area contributed by atoms with Crippen LogP contribution in [0.1, 0.15) is 53.4 Å². The fourth-order valence-corrected chi connectivity index (χ4v) is 4.32. The van der Waals surface area contributed by atoms with Crippen LogP contribution in [0.5, 0.6) is 11.6 Å². The van der Waals surface area contributed by atoms with Crippen molar-refractivity contribution in [3.8, 4) is 34.1 Å². The van der Waals surface area contributed by atoms with Crippen LogP contribution in [0.25, 0.3) is 22.5 Å². The second-order valence-electron chi connectivity index (χ2n) is 10.7. The summed E-state index contributed by atoms with van der Waals surface area (Å²) in [7, 11) is 1.75. The van der Waals surface area contributed by atoms with Crippen LogP contribution >= 0.6 is 0 Å². The first-order chi connectivity index (χ1) is 19.3. The third-order valence-electron chi connectivity index (χ3n) is 6.13. The number of pyridine rings is 2. The maximum Gasteiger partial charge on any atom is 0.307 e. The number of benzene rings is 2. The molecule has 2 aromatic heterocycles. The average Bonchev–Trinajstić information content (AvgIpc) is 2.92. The number of hydrogen-bond acceptors (Lipinski definition) is 7. The molecule has 214 valence electrons. The van der Waals surface area contributed by atoms with Crippen molar-refractivity contribution in [3.63, 3.8) is 0 Å². The number of carboxylic acids is 1. The normalized spacial score (nSPS) is 10.8. The van der Waals surface area contributed by atoms with E-state index in [-0.39, 0.29) is 12.3 Å². The number of ether oxygens (including phenoxy) is 1. The number of anilines is 1. The Bertz CT molecular complexity index is 1520. The number of aliphatic hydroxyl groups is 1. The highest BCUT2D eigenvalue weighted by atomic mass is 16.5. The van der Waals surface area contributed by atoms with Gasteiger partial charge in [0.15, 0.2) is 12.0 Å². The molecule has 0 spiro atoms. The lowest BCUT2D eigenvalue weighted by atomic mass is 9.88. The number of aromatic nitrogens is 2. The zero-order chi connectivity index (χ0) is 30.3. The Labute approximate surface area is 241 Å². The summed E-state index contributed by atoms with van der Waals surface area (Å²) in [5.41, 5.74) is 6.62. The van der Waals surface area contributed by atoms with Gasteiger partial charge in [0.2, 0.25) is 5.88 Å². The van der Waals surface area contributed by atoms with E-state index in [9.17, 15) is 14.7 Å². The minimum Gasteiger partial charge on any atom is -0.481 e. The van der Waals surface area contributed by atoms with Gasteiger partial charge in [0.1, 0.15) is 0 Å². The summed E-state index contributed by atoms with van der Waals surface area (Å²) in [6.45, 7) is 11.0. The molecule has 4 rings (SSSR count). The van der Waals surface area contributed by atoms with Crippen molar-refractivity contribution in [3.05, 3.63) is 88.6 Å². The molecule has 8 heteroatoms. The summed E-state index contributed by atoms with van der Waals surface area (Å²) in [6, 6.07) is 16.8. The Balaban J connectivity index is 0.000000850. The van der Waals surface area contributed by atoms with Gasteiger partial charge in [-0.3, -0.25) is 14.6 Å². The van der Waals surface area contributed by atoms with Crippen LogP contribution in [0, 0.1) is 20.8 Å². The van der Waals surface area contributed by atoms with Crippen LogP contribution in [0.3, 0.4) is 0 Å². The van der Waals surface area contributed by atoms with Crippen molar-refractivity contribution < 1.29 is 24.5 Å². The molecule has 8 nitrogen and oxygen atoms in total. The smallest absolute Gasteiger partial charge is 0.307 e. The van der Waals surface area contributed by atoms with E-state index in [0.29, 0.717) is 40.2 Å². The summed E-state index contributed by atoms with van der Waals surface area (Å²) >= 11 is 0. The molecule has 41 heavy (non-hydrogen) atoms. The zero-order valence-electron chi connectivity index (χ0n) is 24.6. The minimum atomic E-state index is -0.922. The average molecular weight is 556 g/mol. The van der Waals surface area contributed by atoms with Crippen molar-refractivity contribution in [2.45, 2.75) is 53.6 Å². The van der Waals surface area contributed by atoms with E-state index in [1.165, 1.54) is 0 Å². The van der Waals surface area contributed by atoms with Crippen LogP contribution in [-0.2, 0) is 11.2 Å². The van der Waals surface area contributed by atoms with Crippen molar-refractivity contribution in [2.75, 3.05) is 12.4 Å². The van der Waals surface area contributed by atoms with Gasteiger partial charge in [-0.25, -0.2) is 4.98 Å². The standard InChI is InChI=1S/C29H27N3O4.C4H10O/c1-17-8-10-20(11-9-17)26-19(3)28(27(30-4)18(2)22(26)15-25(34)35)36-29-21(16-33)12-13-24(32-29)23-7-5-6-14-31-23;1-4(2,3)5/h5-14,16,30H,15H2,1-4H3,(H,34,35);5H,1-3H3. The third-order valence-corrected chi connectivity index (χ3v) is 6.13. The molecule has 0 unspecified atom stereocenters. The van der Waals surface area contributed by atoms with E-state index in [1.54, 1.807) is 46.1 Å². The highest BCUT2D eigenvalue weighted by Crippen LogP contribution is 2.44. The van der Waals surface area contributed by atoms with Crippen LogP contribution in [0.15, 0.2) is 60.8 Å².